The lowest BCUT2D eigenvalue weighted by Crippen LogP contribution is -2.35. The van der Waals surface area contributed by atoms with E-state index in [9.17, 15) is 29.0 Å². The first-order valence-electron chi connectivity index (χ1n) is 11.5. The maximum atomic E-state index is 14.9. The van der Waals surface area contributed by atoms with Crippen LogP contribution < -0.4 is 4.90 Å². The number of rotatable bonds is 7. The summed E-state index contributed by atoms with van der Waals surface area (Å²) in [4.78, 5) is 35.8. The van der Waals surface area contributed by atoms with Crippen LogP contribution in [-0.4, -0.2) is 34.6 Å². The molecule has 182 valence electrons. The van der Waals surface area contributed by atoms with Gasteiger partial charge in [-0.15, -0.1) is 0 Å². The molecule has 2 aromatic carbocycles. The highest BCUT2D eigenvalue weighted by molar-refractivity contribution is 7.15. The summed E-state index contributed by atoms with van der Waals surface area (Å²) in [7, 11) is 0. The van der Waals surface area contributed by atoms with Crippen molar-refractivity contribution in [2.75, 3.05) is 11.4 Å². The smallest absolute Gasteiger partial charge is 0.412 e. The van der Waals surface area contributed by atoms with Gasteiger partial charge in [-0.25, -0.2) is 4.79 Å². The quantitative estimate of drug-likeness (QED) is 0.352. The first-order valence-corrected chi connectivity index (χ1v) is 12.3. The summed E-state index contributed by atoms with van der Waals surface area (Å²) >= 11 is 0.797. The summed E-state index contributed by atoms with van der Waals surface area (Å²) in [6.07, 6.45) is 1.18. The van der Waals surface area contributed by atoms with E-state index in [1.165, 1.54) is 11.8 Å². The van der Waals surface area contributed by atoms with Crippen molar-refractivity contribution in [2.24, 2.45) is 11.8 Å². The zero-order valence-electron chi connectivity index (χ0n) is 19.2. The highest BCUT2D eigenvalue weighted by Gasteiger charge is 2.29. The number of benzene rings is 2. The van der Waals surface area contributed by atoms with Gasteiger partial charge < -0.3 is 10.2 Å². The van der Waals surface area contributed by atoms with Crippen molar-refractivity contribution in [2.45, 2.75) is 32.6 Å². The lowest BCUT2D eigenvalue weighted by Gasteiger charge is -2.29. The summed E-state index contributed by atoms with van der Waals surface area (Å²) in [6.45, 7) is 1.74. The minimum absolute atomic E-state index is 0.000942. The fraction of sp³-hybridized carbons (Fsp3) is 0.296. The van der Waals surface area contributed by atoms with Crippen LogP contribution in [0.1, 0.15) is 43.0 Å². The van der Waals surface area contributed by atoms with Gasteiger partial charge in [0.15, 0.2) is 10.9 Å². The fourth-order valence-corrected chi connectivity index (χ4v) is 5.45. The number of carboxylic acids is 1. The Morgan fingerprint density at radius 3 is 1.97 bits per heavy atom. The van der Waals surface area contributed by atoms with Crippen molar-refractivity contribution in [3.8, 4) is 22.3 Å². The number of nitrogens with zero attached hydrogens (tertiary/aromatic N) is 1. The van der Waals surface area contributed by atoms with E-state index in [-0.39, 0.29) is 24.2 Å². The average molecular weight is 496 g/mol. The van der Waals surface area contributed by atoms with Gasteiger partial charge in [0.2, 0.25) is 0 Å². The van der Waals surface area contributed by atoms with Gasteiger partial charge in [0.1, 0.15) is 5.00 Å². The van der Waals surface area contributed by atoms with E-state index in [2.05, 4.69) is 0 Å². The maximum absolute atomic E-state index is 14.9. The number of halogens is 1. The van der Waals surface area contributed by atoms with Crippen LogP contribution in [0.15, 0.2) is 54.6 Å². The molecule has 1 saturated carbocycles. The number of anilines is 1. The molecule has 4 rings (SSSR count). The maximum Gasteiger partial charge on any atom is 0.412 e. The van der Waals surface area contributed by atoms with Gasteiger partial charge in [0, 0.05) is 17.7 Å². The third kappa shape index (κ3) is 5.59. The second-order valence-electron chi connectivity index (χ2n) is 8.93. The molecule has 0 unspecified atom stereocenters. The second-order valence-corrected chi connectivity index (χ2v) is 9.91. The third-order valence-corrected chi connectivity index (χ3v) is 7.57. The predicted molar refractivity (Wildman–Crippen MR) is 134 cm³/mol. The molecular weight excluding hydrogens is 469 g/mol. The normalized spacial score (nSPS) is 17.7. The molecule has 8 heteroatoms. The molecule has 0 saturated heterocycles. The monoisotopic (exact) mass is 495 g/mol. The van der Waals surface area contributed by atoms with Crippen molar-refractivity contribution in [3.63, 3.8) is 0 Å². The summed E-state index contributed by atoms with van der Waals surface area (Å²) in [5.74, 6) is -1.13. The standard InChI is InChI=1S/C27H26FNO5S/c1-16(30)18-6-8-19(9-7-18)20-10-12-21(13-11-20)23-14-24(35-25(23)28)29(27(33)34)15-17-2-4-22(5-3-17)26(31)32/h6-14,17,22H,2-5,15H2,1H3,(H,31,32)(H,33,34)/t17-,22-. The molecule has 1 amide bonds. The lowest BCUT2D eigenvalue weighted by molar-refractivity contribution is -0.143. The first kappa shape index (κ1) is 24.6. The zero-order valence-corrected chi connectivity index (χ0v) is 20.1. The van der Waals surface area contributed by atoms with E-state index in [0.29, 0.717) is 47.4 Å². The molecular formula is C27H26FNO5S. The molecule has 0 radical (unpaired) electrons. The molecule has 6 nitrogen and oxygen atoms in total. The topological polar surface area (TPSA) is 94.9 Å². The Kier molecular flexibility index (Phi) is 7.31. The molecule has 3 aromatic rings. The van der Waals surface area contributed by atoms with E-state index in [0.717, 1.165) is 22.5 Å². The second kappa shape index (κ2) is 10.4. The molecule has 1 aliphatic carbocycles. The molecule has 0 spiro atoms. The molecule has 0 bridgehead atoms. The van der Waals surface area contributed by atoms with E-state index in [1.807, 2.05) is 24.3 Å². The van der Waals surface area contributed by atoms with Gasteiger partial charge in [-0.3, -0.25) is 14.5 Å². The number of hydrogen-bond donors (Lipinski definition) is 2. The number of ketones is 1. The predicted octanol–water partition coefficient (Wildman–Crippen LogP) is 6.80. The minimum Gasteiger partial charge on any atom is -0.481 e. The first-order chi connectivity index (χ1) is 16.7. The summed E-state index contributed by atoms with van der Waals surface area (Å²) in [5, 5.41) is 18.8. The number of thiophene rings is 1. The Morgan fingerprint density at radius 1 is 0.914 bits per heavy atom. The SMILES string of the molecule is CC(=O)c1ccc(-c2ccc(-c3cc(N(C[C@H]4CC[C@H](C(=O)O)CC4)C(=O)O)sc3F)cc2)cc1. The van der Waals surface area contributed by atoms with Gasteiger partial charge in [-0.1, -0.05) is 59.9 Å². The molecule has 2 N–H and O–H groups in total. The number of carboxylic acid groups (broad SMARTS) is 2. The van der Waals surface area contributed by atoms with Crippen LogP contribution in [0.25, 0.3) is 22.3 Å². The van der Waals surface area contributed by atoms with Gasteiger partial charge in [0.25, 0.3) is 0 Å². The Balaban J connectivity index is 1.50. The van der Waals surface area contributed by atoms with E-state index >= 15 is 0 Å². The van der Waals surface area contributed by atoms with Crippen LogP contribution in [0, 0.1) is 17.0 Å². The van der Waals surface area contributed by atoms with Crippen molar-refractivity contribution < 1.29 is 29.0 Å². The highest BCUT2D eigenvalue weighted by Crippen LogP contribution is 2.38. The van der Waals surface area contributed by atoms with Crippen molar-refractivity contribution in [1.82, 2.24) is 0 Å². The Labute approximate surface area is 206 Å². The van der Waals surface area contributed by atoms with Crippen LogP contribution in [0.2, 0.25) is 0 Å². The fourth-order valence-electron chi connectivity index (χ4n) is 4.54. The van der Waals surface area contributed by atoms with Gasteiger partial charge in [0.05, 0.1) is 5.92 Å². The van der Waals surface area contributed by atoms with Crippen LogP contribution in [0.4, 0.5) is 14.2 Å². The van der Waals surface area contributed by atoms with Crippen LogP contribution in [0.5, 0.6) is 0 Å². The summed E-state index contributed by atoms with van der Waals surface area (Å²) < 4.78 is 14.9. The molecule has 0 atom stereocenters. The van der Waals surface area contributed by atoms with Gasteiger partial charge in [-0.05, 0) is 61.3 Å². The van der Waals surface area contributed by atoms with Crippen molar-refractivity contribution in [3.05, 3.63) is 65.3 Å². The van der Waals surface area contributed by atoms with E-state index in [4.69, 9.17) is 0 Å². The molecule has 1 aliphatic rings. The number of amides is 1. The van der Waals surface area contributed by atoms with E-state index < -0.39 is 17.2 Å². The van der Waals surface area contributed by atoms with Crippen LogP contribution >= 0.6 is 11.3 Å². The largest absolute Gasteiger partial charge is 0.481 e. The molecule has 0 aliphatic heterocycles. The van der Waals surface area contributed by atoms with Gasteiger partial charge in [-0.2, -0.15) is 4.39 Å². The Morgan fingerprint density at radius 2 is 1.46 bits per heavy atom. The van der Waals surface area contributed by atoms with E-state index in [1.54, 1.807) is 30.3 Å². The Hall–Kier alpha value is -3.52. The number of hydrogen-bond acceptors (Lipinski definition) is 4. The van der Waals surface area contributed by atoms with Crippen molar-refractivity contribution in [1.29, 1.82) is 0 Å². The number of Topliss-reactive ketones (excluding diaryl/α,β-unsaturated/α-hetero) is 1. The third-order valence-electron chi connectivity index (χ3n) is 6.63. The number of aliphatic carboxylic acids is 1. The van der Waals surface area contributed by atoms with Gasteiger partial charge >= 0.3 is 12.1 Å². The van der Waals surface area contributed by atoms with Crippen molar-refractivity contribution >= 4 is 34.2 Å². The Bertz CT molecular complexity index is 1230. The minimum atomic E-state index is -1.15. The number of carbonyl (C=O) groups excluding carboxylic acids is 1. The summed E-state index contributed by atoms with van der Waals surface area (Å²) in [6, 6.07) is 16.1. The molecule has 1 heterocycles. The molecule has 1 aromatic heterocycles. The lowest BCUT2D eigenvalue weighted by atomic mass is 9.82. The number of carbonyl (C=O) groups is 3. The van der Waals surface area contributed by atoms with Crippen LogP contribution in [-0.2, 0) is 4.79 Å². The zero-order chi connectivity index (χ0) is 25.1. The molecule has 35 heavy (non-hydrogen) atoms. The molecule has 1 fully saturated rings. The highest BCUT2D eigenvalue weighted by atomic mass is 32.1. The van der Waals surface area contributed by atoms with Crippen LogP contribution in [0.3, 0.4) is 0 Å². The summed E-state index contributed by atoms with van der Waals surface area (Å²) in [5.41, 5.74) is 3.47. The average Bonchev–Trinajstić information content (AvgIpc) is 3.23.